The van der Waals surface area contributed by atoms with E-state index in [1.807, 2.05) is 4.83 Å². The second-order valence-corrected chi connectivity index (χ2v) is 7.47. The number of phenolic OH excluding ortho intramolecular Hbond substituents is 1. The number of benzene rings is 2. The zero-order valence-electron chi connectivity index (χ0n) is 12.7. The van der Waals surface area contributed by atoms with Crippen molar-refractivity contribution >= 4 is 44.5 Å². The number of methoxy groups -OCH3 is 1. The number of sulfonamides is 1. The first-order valence-electron chi connectivity index (χ1n) is 6.60. The molecule has 0 spiro atoms. The number of nitrogens with zero attached hydrogens (tertiary/aromatic N) is 2. The van der Waals surface area contributed by atoms with Gasteiger partial charge in [0.25, 0.3) is 15.7 Å². The number of non-ortho nitro benzene ring substituents is 1. The lowest BCUT2D eigenvalue weighted by atomic mass is 10.2. The topological polar surface area (TPSA) is 131 Å². The highest BCUT2D eigenvalue weighted by Crippen LogP contribution is 2.28. The molecule has 2 rings (SSSR count). The van der Waals surface area contributed by atoms with Gasteiger partial charge in [-0.2, -0.15) is 13.5 Å². The van der Waals surface area contributed by atoms with Gasteiger partial charge in [0, 0.05) is 17.7 Å². The molecule has 0 saturated carbocycles. The Labute approximate surface area is 156 Å². The molecule has 0 fully saturated rings. The Morgan fingerprint density at radius 2 is 1.96 bits per heavy atom. The molecule has 0 radical (unpaired) electrons. The third-order valence-corrected chi connectivity index (χ3v) is 5.10. The highest BCUT2D eigenvalue weighted by molar-refractivity contribution is 14.1. The molecule has 9 nitrogen and oxygen atoms in total. The van der Waals surface area contributed by atoms with Crippen molar-refractivity contribution in [3.05, 3.63) is 55.6 Å². The molecular formula is C14H12IN3O6S. The third-order valence-electron chi connectivity index (χ3n) is 3.03. The first-order valence-corrected chi connectivity index (χ1v) is 9.16. The van der Waals surface area contributed by atoms with Gasteiger partial charge < -0.3 is 9.84 Å². The molecule has 0 saturated heterocycles. The maximum absolute atomic E-state index is 12.1. The smallest absolute Gasteiger partial charge is 0.276 e. The largest absolute Gasteiger partial charge is 0.506 e. The lowest BCUT2D eigenvalue weighted by Gasteiger charge is -2.05. The molecule has 2 aromatic carbocycles. The summed E-state index contributed by atoms with van der Waals surface area (Å²) in [5.41, 5.74) is -0.238. The monoisotopic (exact) mass is 477 g/mol. The van der Waals surface area contributed by atoms with E-state index in [-0.39, 0.29) is 25.5 Å². The SMILES string of the molecule is COc1ccc(S(=O)(=O)N/N=C/c2cc([N+](=O)[O-])cc(I)c2O)cc1. The molecule has 0 atom stereocenters. The van der Waals surface area contributed by atoms with Crippen LogP contribution in [0, 0.1) is 13.7 Å². The molecule has 2 N–H and O–H groups in total. The summed E-state index contributed by atoms with van der Waals surface area (Å²) in [7, 11) is -2.47. The molecule has 0 aliphatic carbocycles. The van der Waals surface area contributed by atoms with E-state index >= 15 is 0 Å². The molecular weight excluding hydrogens is 465 g/mol. The molecule has 0 aliphatic heterocycles. The summed E-state index contributed by atoms with van der Waals surface area (Å²) >= 11 is 1.73. The average molecular weight is 477 g/mol. The second-order valence-electron chi connectivity index (χ2n) is 4.65. The Morgan fingerprint density at radius 3 is 2.52 bits per heavy atom. The van der Waals surface area contributed by atoms with E-state index in [4.69, 9.17) is 4.74 Å². The number of nitro groups is 1. The van der Waals surface area contributed by atoms with Crippen molar-refractivity contribution < 1.29 is 23.2 Å². The summed E-state index contributed by atoms with van der Waals surface area (Å²) in [6.45, 7) is 0. The third kappa shape index (κ3) is 4.57. The van der Waals surface area contributed by atoms with E-state index in [0.717, 1.165) is 12.3 Å². The van der Waals surface area contributed by atoms with Crippen molar-refractivity contribution in [3.63, 3.8) is 0 Å². The van der Waals surface area contributed by atoms with Crippen LogP contribution in [0.2, 0.25) is 0 Å². The maximum Gasteiger partial charge on any atom is 0.276 e. The molecule has 2 aromatic rings. The Bertz CT molecular complexity index is 928. The number of halogens is 1. The summed E-state index contributed by atoms with van der Waals surface area (Å²) in [4.78, 5) is 12.2. The number of nitro benzene ring substituents is 1. The Hall–Kier alpha value is -2.41. The maximum atomic E-state index is 12.1. The minimum absolute atomic E-state index is 0.0102. The van der Waals surface area contributed by atoms with Gasteiger partial charge in [-0.25, -0.2) is 4.83 Å². The predicted molar refractivity (Wildman–Crippen MR) is 98.4 cm³/mol. The van der Waals surface area contributed by atoms with Gasteiger partial charge in [-0.3, -0.25) is 10.1 Å². The predicted octanol–water partition coefficient (Wildman–Crippen LogP) is 2.23. The van der Waals surface area contributed by atoms with Crippen LogP contribution >= 0.6 is 22.6 Å². The highest BCUT2D eigenvalue weighted by Gasteiger charge is 2.15. The van der Waals surface area contributed by atoms with Crippen LogP contribution < -0.4 is 9.57 Å². The summed E-state index contributed by atoms with van der Waals surface area (Å²) in [6.07, 6.45) is 0.992. The first-order chi connectivity index (χ1) is 11.7. The fraction of sp³-hybridized carbons (Fsp3) is 0.0714. The van der Waals surface area contributed by atoms with Gasteiger partial charge in [-0.1, -0.05) is 0 Å². The molecule has 25 heavy (non-hydrogen) atoms. The number of hydrazone groups is 1. The second kappa shape index (κ2) is 7.65. The van der Waals surface area contributed by atoms with Crippen LogP contribution in [0.4, 0.5) is 5.69 Å². The number of nitrogens with one attached hydrogen (secondary N) is 1. The molecule has 0 amide bonds. The van der Waals surface area contributed by atoms with Crippen LogP contribution in [-0.4, -0.2) is 31.8 Å². The zero-order chi connectivity index (χ0) is 18.6. The molecule has 0 bridgehead atoms. The van der Waals surface area contributed by atoms with Crippen molar-refractivity contribution in [1.29, 1.82) is 0 Å². The minimum Gasteiger partial charge on any atom is -0.506 e. The minimum atomic E-state index is -3.93. The number of hydrogen-bond acceptors (Lipinski definition) is 7. The quantitative estimate of drug-likeness (QED) is 0.284. The number of phenols is 1. The fourth-order valence-electron chi connectivity index (χ4n) is 1.78. The number of aromatic hydroxyl groups is 1. The number of ether oxygens (including phenoxy) is 1. The van der Waals surface area contributed by atoms with Gasteiger partial charge in [0.05, 0.1) is 26.7 Å². The molecule has 132 valence electrons. The van der Waals surface area contributed by atoms with Crippen LogP contribution in [0.15, 0.2) is 46.4 Å². The Morgan fingerprint density at radius 1 is 1.32 bits per heavy atom. The van der Waals surface area contributed by atoms with E-state index in [1.165, 1.54) is 37.4 Å². The molecule has 0 aromatic heterocycles. The van der Waals surface area contributed by atoms with E-state index in [9.17, 15) is 23.6 Å². The summed E-state index contributed by atoms with van der Waals surface area (Å²) in [5, 5.41) is 24.3. The summed E-state index contributed by atoms with van der Waals surface area (Å²) in [5.74, 6) is 0.261. The van der Waals surface area contributed by atoms with E-state index < -0.39 is 14.9 Å². The average Bonchev–Trinajstić information content (AvgIpc) is 2.58. The molecule has 11 heteroatoms. The lowest BCUT2D eigenvalue weighted by molar-refractivity contribution is -0.385. The van der Waals surface area contributed by atoms with Gasteiger partial charge in [-0.05, 0) is 46.9 Å². The highest BCUT2D eigenvalue weighted by atomic mass is 127. The van der Waals surface area contributed by atoms with Crippen molar-refractivity contribution in [2.75, 3.05) is 7.11 Å². The molecule has 0 heterocycles. The van der Waals surface area contributed by atoms with E-state index in [0.29, 0.717) is 5.75 Å². The van der Waals surface area contributed by atoms with Crippen molar-refractivity contribution in [2.24, 2.45) is 5.10 Å². The van der Waals surface area contributed by atoms with Crippen LogP contribution in [0.25, 0.3) is 0 Å². The van der Waals surface area contributed by atoms with E-state index in [1.54, 1.807) is 22.6 Å². The lowest BCUT2D eigenvalue weighted by Crippen LogP contribution is -2.18. The van der Waals surface area contributed by atoms with Crippen LogP contribution in [-0.2, 0) is 10.0 Å². The Kier molecular flexibility index (Phi) is 5.79. The van der Waals surface area contributed by atoms with Crippen LogP contribution in [0.1, 0.15) is 5.56 Å². The molecule has 0 aliphatic rings. The van der Waals surface area contributed by atoms with Crippen LogP contribution in [0.3, 0.4) is 0 Å². The van der Waals surface area contributed by atoms with Gasteiger partial charge in [0.2, 0.25) is 0 Å². The normalized spacial score (nSPS) is 11.4. The van der Waals surface area contributed by atoms with Crippen molar-refractivity contribution in [2.45, 2.75) is 4.90 Å². The van der Waals surface area contributed by atoms with Gasteiger partial charge >= 0.3 is 0 Å². The fourth-order valence-corrected chi connectivity index (χ4v) is 3.20. The number of rotatable bonds is 6. The van der Waals surface area contributed by atoms with Gasteiger partial charge in [0.15, 0.2) is 0 Å². The van der Waals surface area contributed by atoms with Crippen molar-refractivity contribution in [1.82, 2.24) is 4.83 Å². The van der Waals surface area contributed by atoms with Gasteiger partial charge in [-0.15, -0.1) is 0 Å². The van der Waals surface area contributed by atoms with Crippen molar-refractivity contribution in [3.8, 4) is 11.5 Å². The van der Waals surface area contributed by atoms with E-state index in [2.05, 4.69) is 5.10 Å². The first kappa shape index (κ1) is 18.9. The Balaban J connectivity index is 2.23. The molecule has 0 unspecified atom stereocenters. The summed E-state index contributed by atoms with van der Waals surface area (Å²) < 4.78 is 29.4. The van der Waals surface area contributed by atoms with Gasteiger partial charge in [0.1, 0.15) is 11.5 Å². The standard InChI is InChI=1S/C14H12IN3O6S/c1-24-11-2-4-12(5-3-11)25(22,23)17-16-8-9-6-10(18(20)21)7-13(15)14(9)19/h2-8,17,19H,1H3/b16-8+. The zero-order valence-corrected chi connectivity index (χ0v) is 15.7. The van der Waals surface area contributed by atoms with Crippen LogP contribution in [0.5, 0.6) is 11.5 Å². The number of hydrogen-bond donors (Lipinski definition) is 2. The summed E-state index contributed by atoms with van der Waals surface area (Å²) in [6, 6.07) is 7.91.